The van der Waals surface area contributed by atoms with Crippen molar-refractivity contribution in [3.63, 3.8) is 0 Å². The van der Waals surface area contributed by atoms with Gasteiger partial charge in [0.05, 0.1) is 13.0 Å². The number of hydrogen-bond acceptors (Lipinski definition) is 4. The molecule has 2 N–H and O–H groups in total. The number of aliphatic carboxylic acids is 1. The predicted octanol–water partition coefficient (Wildman–Crippen LogP) is 3.36. The molecule has 6 nitrogen and oxygen atoms in total. The highest BCUT2D eigenvalue weighted by atomic mass is 16.7. The third kappa shape index (κ3) is 3.86. The number of ketones is 1. The van der Waals surface area contributed by atoms with E-state index in [1.165, 1.54) is 0 Å². The third-order valence-electron chi connectivity index (χ3n) is 4.57. The molecule has 2 atom stereocenters. The summed E-state index contributed by atoms with van der Waals surface area (Å²) >= 11 is 0. The number of aromatic nitrogens is 1. The Morgan fingerprint density at radius 2 is 1.96 bits per heavy atom. The second kappa shape index (κ2) is 7.43. The maximum absolute atomic E-state index is 13.2. The van der Waals surface area contributed by atoms with E-state index in [2.05, 4.69) is 4.98 Å². The summed E-state index contributed by atoms with van der Waals surface area (Å²) in [6, 6.07) is 11.2. The van der Waals surface area contributed by atoms with Crippen molar-refractivity contribution < 1.29 is 24.2 Å². The first-order valence-corrected chi connectivity index (χ1v) is 8.63. The summed E-state index contributed by atoms with van der Waals surface area (Å²) in [5, 5.41) is 8.89. The molecule has 1 aliphatic rings. The highest BCUT2D eigenvalue weighted by Crippen LogP contribution is 2.38. The molecular formula is C20H23NO5. The first kappa shape index (κ1) is 18.4. The van der Waals surface area contributed by atoms with Crippen molar-refractivity contribution in [3.05, 3.63) is 59.4 Å². The predicted molar refractivity (Wildman–Crippen MR) is 94.9 cm³/mol. The zero-order valence-corrected chi connectivity index (χ0v) is 14.9. The molecule has 0 radical (unpaired) electrons. The molecule has 1 aromatic heterocycles. The molecule has 3 rings (SSSR count). The average molecular weight is 357 g/mol. The van der Waals surface area contributed by atoms with Gasteiger partial charge in [0.2, 0.25) is 0 Å². The van der Waals surface area contributed by atoms with Gasteiger partial charge in [-0.15, -0.1) is 0 Å². The molecule has 1 fully saturated rings. The number of hydrogen-bond donors (Lipinski definition) is 2. The smallest absolute Gasteiger partial charge is 0.303 e. The van der Waals surface area contributed by atoms with Gasteiger partial charge in [-0.1, -0.05) is 44.2 Å². The number of Topliss-reactive ketones (excluding diaryl/α,β-unsaturated/α-hetero) is 1. The molecule has 6 heteroatoms. The van der Waals surface area contributed by atoms with E-state index in [0.29, 0.717) is 17.9 Å². The quantitative estimate of drug-likeness (QED) is 0.774. The van der Waals surface area contributed by atoms with Crippen LogP contribution in [0.2, 0.25) is 0 Å². The monoisotopic (exact) mass is 357 g/mol. The zero-order chi connectivity index (χ0) is 18.7. The summed E-state index contributed by atoms with van der Waals surface area (Å²) in [7, 11) is 0. The molecule has 1 saturated heterocycles. The van der Waals surface area contributed by atoms with Crippen molar-refractivity contribution in [2.24, 2.45) is 5.41 Å². The Hall–Kier alpha value is -2.44. The molecule has 2 unspecified atom stereocenters. The number of aromatic amines is 1. The van der Waals surface area contributed by atoms with Crippen LogP contribution in [0.5, 0.6) is 0 Å². The van der Waals surface area contributed by atoms with E-state index in [0.717, 1.165) is 5.56 Å². The van der Waals surface area contributed by atoms with Crippen molar-refractivity contribution in [3.8, 4) is 0 Å². The maximum Gasteiger partial charge on any atom is 0.303 e. The molecule has 0 amide bonds. The van der Waals surface area contributed by atoms with Crippen molar-refractivity contribution in [1.29, 1.82) is 0 Å². The summed E-state index contributed by atoms with van der Waals surface area (Å²) < 4.78 is 11.9. The summed E-state index contributed by atoms with van der Waals surface area (Å²) in [5.74, 6) is -1.05. The summed E-state index contributed by atoms with van der Waals surface area (Å²) in [6.07, 6.45) is 0.618. The Morgan fingerprint density at radius 1 is 1.23 bits per heavy atom. The number of carbonyl (C=O) groups is 2. The van der Waals surface area contributed by atoms with Gasteiger partial charge in [0, 0.05) is 28.4 Å². The van der Waals surface area contributed by atoms with Gasteiger partial charge >= 0.3 is 5.97 Å². The van der Waals surface area contributed by atoms with Crippen LogP contribution < -0.4 is 0 Å². The first-order valence-electron chi connectivity index (χ1n) is 8.63. The van der Waals surface area contributed by atoms with Crippen LogP contribution in [0.4, 0.5) is 0 Å². The number of H-pyrrole nitrogens is 1. The Labute approximate surface area is 152 Å². The lowest BCUT2D eigenvalue weighted by atomic mass is 9.82. The maximum atomic E-state index is 13.2. The number of rotatable bonds is 6. The van der Waals surface area contributed by atoms with Gasteiger partial charge < -0.3 is 19.6 Å². The molecule has 0 spiro atoms. The lowest BCUT2D eigenvalue weighted by molar-refractivity contribution is -0.249. The fraction of sp³-hybridized carbons (Fsp3) is 0.400. The lowest BCUT2D eigenvalue weighted by Gasteiger charge is -2.41. The van der Waals surface area contributed by atoms with Gasteiger partial charge in [-0.3, -0.25) is 9.59 Å². The van der Waals surface area contributed by atoms with Crippen LogP contribution in [-0.2, 0) is 20.7 Å². The van der Waals surface area contributed by atoms with Gasteiger partial charge in [0.25, 0.3) is 0 Å². The van der Waals surface area contributed by atoms with Crippen LogP contribution in [0.3, 0.4) is 0 Å². The molecular weight excluding hydrogens is 334 g/mol. The van der Waals surface area contributed by atoms with Crippen molar-refractivity contribution >= 4 is 11.8 Å². The second-order valence-electron chi connectivity index (χ2n) is 7.19. The second-order valence-corrected chi connectivity index (χ2v) is 7.19. The number of carbonyl (C=O) groups excluding carboxylic acids is 1. The first-order chi connectivity index (χ1) is 12.4. The van der Waals surface area contributed by atoms with Crippen LogP contribution in [0.15, 0.2) is 42.6 Å². The standard InChI is InChI=1S/C20H23NO5/c1-20(2)12-25-19(13-6-4-3-5-7-13)26-18(20)17(24)14-10-11-21-15(14)8-9-16(22)23/h3-7,10-11,18-19,21H,8-9,12H2,1-2H3,(H,22,23). The van der Waals surface area contributed by atoms with E-state index in [1.807, 2.05) is 44.2 Å². The number of benzene rings is 1. The summed E-state index contributed by atoms with van der Waals surface area (Å²) in [6.45, 7) is 4.25. The Bertz CT molecular complexity index is 781. The van der Waals surface area contributed by atoms with Crippen LogP contribution in [0.25, 0.3) is 0 Å². The molecule has 2 heterocycles. The van der Waals surface area contributed by atoms with E-state index in [1.54, 1.807) is 12.3 Å². The van der Waals surface area contributed by atoms with E-state index in [9.17, 15) is 9.59 Å². The van der Waals surface area contributed by atoms with Crippen LogP contribution in [0, 0.1) is 5.41 Å². The molecule has 0 saturated carbocycles. The normalized spacial score (nSPS) is 22.1. The minimum Gasteiger partial charge on any atom is -0.481 e. The van der Waals surface area contributed by atoms with E-state index in [4.69, 9.17) is 14.6 Å². The molecule has 0 aliphatic carbocycles. The van der Waals surface area contributed by atoms with Gasteiger partial charge in [0.15, 0.2) is 12.1 Å². The van der Waals surface area contributed by atoms with Gasteiger partial charge in [0.1, 0.15) is 6.10 Å². The Morgan fingerprint density at radius 3 is 2.65 bits per heavy atom. The number of carboxylic acid groups (broad SMARTS) is 1. The molecule has 1 aliphatic heterocycles. The molecule has 138 valence electrons. The minimum atomic E-state index is -0.898. The van der Waals surface area contributed by atoms with Crippen LogP contribution >= 0.6 is 0 Å². The van der Waals surface area contributed by atoms with Gasteiger partial charge in [-0.2, -0.15) is 0 Å². The van der Waals surface area contributed by atoms with E-state index in [-0.39, 0.29) is 18.6 Å². The third-order valence-corrected chi connectivity index (χ3v) is 4.57. The molecule has 1 aromatic carbocycles. The number of aryl methyl sites for hydroxylation is 1. The lowest BCUT2D eigenvalue weighted by Crippen LogP contribution is -2.47. The fourth-order valence-electron chi connectivity index (χ4n) is 3.13. The van der Waals surface area contributed by atoms with Crippen LogP contribution in [-0.4, -0.2) is 34.6 Å². The highest BCUT2D eigenvalue weighted by molar-refractivity contribution is 6.01. The summed E-state index contributed by atoms with van der Waals surface area (Å²) in [5.41, 5.74) is 1.47. The van der Waals surface area contributed by atoms with E-state index < -0.39 is 23.8 Å². The number of carboxylic acids is 1. The topological polar surface area (TPSA) is 88.6 Å². The van der Waals surface area contributed by atoms with Gasteiger partial charge in [-0.25, -0.2) is 0 Å². The van der Waals surface area contributed by atoms with E-state index >= 15 is 0 Å². The van der Waals surface area contributed by atoms with Crippen molar-refractivity contribution in [1.82, 2.24) is 4.98 Å². The van der Waals surface area contributed by atoms with Gasteiger partial charge in [-0.05, 0) is 12.5 Å². The average Bonchev–Trinajstić information content (AvgIpc) is 3.08. The van der Waals surface area contributed by atoms with Crippen LogP contribution in [0.1, 0.15) is 48.2 Å². The zero-order valence-electron chi connectivity index (χ0n) is 14.9. The largest absolute Gasteiger partial charge is 0.481 e. The Balaban J connectivity index is 1.82. The summed E-state index contributed by atoms with van der Waals surface area (Å²) in [4.78, 5) is 27.0. The minimum absolute atomic E-state index is 0.0362. The molecule has 2 aromatic rings. The Kier molecular flexibility index (Phi) is 5.25. The fourth-order valence-corrected chi connectivity index (χ4v) is 3.13. The van der Waals surface area contributed by atoms with Crippen molar-refractivity contribution in [2.75, 3.05) is 6.61 Å². The molecule has 0 bridgehead atoms. The molecule has 26 heavy (non-hydrogen) atoms. The number of nitrogens with one attached hydrogen (secondary N) is 1. The number of ether oxygens (including phenoxy) is 2. The van der Waals surface area contributed by atoms with Crippen molar-refractivity contribution in [2.45, 2.75) is 39.1 Å². The highest BCUT2D eigenvalue weighted by Gasteiger charge is 2.44. The SMILES string of the molecule is CC1(C)COC(c2ccccc2)OC1C(=O)c1cc[nH]c1CCC(=O)O.